The number of hydrogen-bond donors (Lipinski definition) is 1. The van der Waals surface area contributed by atoms with Gasteiger partial charge in [-0.2, -0.15) is 0 Å². The number of hydrogen-bond acceptors (Lipinski definition) is 4. The van der Waals surface area contributed by atoms with E-state index in [1.165, 1.54) is 12.1 Å². The van der Waals surface area contributed by atoms with E-state index >= 15 is 0 Å². The Kier molecular flexibility index (Phi) is 6.20. The molecule has 0 amide bonds. The van der Waals surface area contributed by atoms with E-state index in [4.69, 9.17) is 4.74 Å². The molecule has 0 unspecified atom stereocenters. The zero-order valence-corrected chi connectivity index (χ0v) is 15.2. The monoisotopic (exact) mass is 381 g/mol. The Morgan fingerprint density at radius 3 is 2.35 bits per heavy atom. The lowest BCUT2D eigenvalue weighted by Crippen LogP contribution is -2.46. The maximum Gasteiger partial charge on any atom is 0.327 e. The van der Waals surface area contributed by atoms with Gasteiger partial charge in [0.05, 0.1) is 18.6 Å². The van der Waals surface area contributed by atoms with Crippen molar-refractivity contribution in [2.24, 2.45) is 0 Å². The van der Waals surface area contributed by atoms with Gasteiger partial charge in [-0.1, -0.05) is 18.2 Å². The van der Waals surface area contributed by atoms with Crippen LogP contribution in [0.2, 0.25) is 0 Å². The van der Waals surface area contributed by atoms with E-state index in [2.05, 4.69) is 0 Å². The molecule has 0 heterocycles. The van der Waals surface area contributed by atoms with Gasteiger partial charge in [0, 0.05) is 6.42 Å². The molecule has 8 heteroatoms. The van der Waals surface area contributed by atoms with Gasteiger partial charge in [0.1, 0.15) is 17.6 Å². The SMILES string of the molecule is CCOc1ccccc1C[C@H](C(=O)O)N(c1ccc(F)cc1)S(C)(=O)=O. The lowest BCUT2D eigenvalue weighted by molar-refractivity contribution is -0.138. The number of carbonyl (C=O) groups is 1. The number of anilines is 1. The number of sulfonamides is 1. The van der Waals surface area contributed by atoms with Gasteiger partial charge in [-0.05, 0) is 42.8 Å². The van der Waals surface area contributed by atoms with E-state index in [0.717, 1.165) is 22.7 Å². The normalized spacial score (nSPS) is 12.4. The van der Waals surface area contributed by atoms with Crippen molar-refractivity contribution >= 4 is 21.7 Å². The largest absolute Gasteiger partial charge is 0.494 e. The fourth-order valence-electron chi connectivity index (χ4n) is 2.64. The summed E-state index contributed by atoms with van der Waals surface area (Å²) in [6, 6.07) is 10.1. The number of halogens is 1. The van der Waals surface area contributed by atoms with Crippen LogP contribution in [0.1, 0.15) is 12.5 Å². The second kappa shape index (κ2) is 8.18. The summed E-state index contributed by atoms with van der Waals surface area (Å²) < 4.78 is 44.1. The highest BCUT2D eigenvalue weighted by molar-refractivity contribution is 7.92. The van der Waals surface area contributed by atoms with E-state index in [1.54, 1.807) is 31.2 Å². The molecule has 0 aliphatic heterocycles. The number of aliphatic carboxylic acids is 1. The van der Waals surface area contributed by atoms with E-state index in [-0.39, 0.29) is 12.1 Å². The first-order valence-electron chi connectivity index (χ1n) is 7.92. The molecule has 0 aliphatic carbocycles. The fourth-order valence-corrected chi connectivity index (χ4v) is 3.77. The van der Waals surface area contributed by atoms with Crippen molar-refractivity contribution in [3.05, 3.63) is 59.9 Å². The molecular formula is C18H20FNO5S. The third-order valence-corrected chi connectivity index (χ3v) is 4.87. The van der Waals surface area contributed by atoms with Crippen LogP contribution in [0.4, 0.5) is 10.1 Å². The highest BCUT2D eigenvalue weighted by atomic mass is 32.2. The van der Waals surface area contributed by atoms with Crippen LogP contribution < -0.4 is 9.04 Å². The van der Waals surface area contributed by atoms with Gasteiger partial charge in [0.15, 0.2) is 0 Å². The molecule has 0 saturated carbocycles. The summed E-state index contributed by atoms with van der Waals surface area (Å²) >= 11 is 0. The van der Waals surface area contributed by atoms with E-state index in [0.29, 0.717) is 17.9 Å². The molecule has 0 bridgehead atoms. The Morgan fingerprint density at radius 2 is 1.81 bits per heavy atom. The number of carboxylic acids is 1. The van der Waals surface area contributed by atoms with E-state index in [1.807, 2.05) is 0 Å². The molecule has 0 radical (unpaired) electrons. The number of ether oxygens (including phenoxy) is 1. The summed E-state index contributed by atoms with van der Waals surface area (Å²) in [5.74, 6) is -1.37. The number of para-hydroxylation sites is 1. The lowest BCUT2D eigenvalue weighted by Gasteiger charge is -2.29. The summed E-state index contributed by atoms with van der Waals surface area (Å²) in [4.78, 5) is 11.9. The van der Waals surface area contributed by atoms with Gasteiger partial charge in [0.2, 0.25) is 10.0 Å². The van der Waals surface area contributed by atoms with Crippen LogP contribution >= 0.6 is 0 Å². The van der Waals surface area contributed by atoms with Crippen molar-refractivity contribution in [3.8, 4) is 5.75 Å². The van der Waals surface area contributed by atoms with Crippen molar-refractivity contribution in [2.45, 2.75) is 19.4 Å². The minimum Gasteiger partial charge on any atom is -0.494 e. The standard InChI is InChI=1S/C18H20FNO5S/c1-3-25-17-7-5-4-6-13(17)12-16(18(21)22)20(26(2,23)24)15-10-8-14(19)9-11-15/h4-11,16H,3,12H2,1-2H3,(H,21,22)/t16-/m1/s1. The van der Waals surface area contributed by atoms with Crippen LogP contribution in [0.15, 0.2) is 48.5 Å². The smallest absolute Gasteiger partial charge is 0.327 e. The third kappa shape index (κ3) is 4.72. The van der Waals surface area contributed by atoms with Crippen LogP contribution in [0.3, 0.4) is 0 Å². The zero-order valence-electron chi connectivity index (χ0n) is 14.4. The predicted octanol–water partition coefficient (Wildman–Crippen LogP) is 2.69. The third-order valence-electron chi connectivity index (χ3n) is 3.69. The molecule has 1 atom stereocenters. The number of nitrogens with zero attached hydrogens (tertiary/aromatic N) is 1. The molecule has 0 aromatic heterocycles. The first-order valence-corrected chi connectivity index (χ1v) is 9.77. The molecule has 2 rings (SSSR count). The van der Waals surface area contributed by atoms with Crippen LogP contribution in [0, 0.1) is 5.82 Å². The average Bonchev–Trinajstić information content (AvgIpc) is 2.56. The fraction of sp³-hybridized carbons (Fsp3) is 0.278. The van der Waals surface area contributed by atoms with Crippen molar-refractivity contribution in [1.29, 1.82) is 0 Å². The molecule has 0 fully saturated rings. The summed E-state index contributed by atoms with van der Waals surface area (Å²) in [6.45, 7) is 2.19. The Balaban J connectivity index is 2.48. The quantitative estimate of drug-likeness (QED) is 0.760. The van der Waals surface area contributed by atoms with Gasteiger partial charge in [0.25, 0.3) is 0 Å². The summed E-state index contributed by atoms with van der Waals surface area (Å²) in [5.41, 5.74) is 0.646. The van der Waals surface area contributed by atoms with Gasteiger partial charge < -0.3 is 9.84 Å². The molecule has 6 nitrogen and oxygen atoms in total. The van der Waals surface area contributed by atoms with Gasteiger partial charge in [-0.3, -0.25) is 4.31 Å². The molecule has 0 saturated heterocycles. The van der Waals surface area contributed by atoms with Gasteiger partial charge >= 0.3 is 5.97 Å². The lowest BCUT2D eigenvalue weighted by atomic mass is 10.0. The second-order valence-electron chi connectivity index (χ2n) is 5.63. The molecule has 2 aromatic rings. The first kappa shape index (κ1) is 19.7. The summed E-state index contributed by atoms with van der Waals surface area (Å²) in [6.07, 6.45) is 0.816. The summed E-state index contributed by atoms with van der Waals surface area (Å²) in [7, 11) is -3.93. The van der Waals surface area contributed by atoms with E-state index < -0.39 is 27.9 Å². The Bertz CT molecular complexity index is 867. The van der Waals surface area contributed by atoms with Crippen LogP contribution in [0.5, 0.6) is 5.75 Å². The average molecular weight is 381 g/mol. The molecule has 140 valence electrons. The van der Waals surface area contributed by atoms with Crippen LogP contribution in [-0.2, 0) is 21.2 Å². The zero-order chi connectivity index (χ0) is 19.3. The highest BCUT2D eigenvalue weighted by Crippen LogP contribution is 2.26. The second-order valence-corrected chi connectivity index (χ2v) is 7.49. The maximum absolute atomic E-state index is 13.2. The Labute approximate surface area is 151 Å². The van der Waals surface area contributed by atoms with Crippen molar-refractivity contribution in [2.75, 3.05) is 17.2 Å². The van der Waals surface area contributed by atoms with Crippen LogP contribution in [-0.4, -0.2) is 38.4 Å². The van der Waals surface area contributed by atoms with Crippen molar-refractivity contribution in [1.82, 2.24) is 0 Å². The van der Waals surface area contributed by atoms with Gasteiger partial charge in [-0.15, -0.1) is 0 Å². The van der Waals surface area contributed by atoms with Crippen molar-refractivity contribution < 1.29 is 27.4 Å². The predicted molar refractivity (Wildman–Crippen MR) is 96.5 cm³/mol. The molecular weight excluding hydrogens is 361 g/mol. The maximum atomic E-state index is 13.2. The molecule has 1 N–H and O–H groups in total. The van der Waals surface area contributed by atoms with E-state index in [9.17, 15) is 22.7 Å². The molecule has 0 spiro atoms. The van der Waals surface area contributed by atoms with Crippen LogP contribution in [0.25, 0.3) is 0 Å². The number of carboxylic acid groups (broad SMARTS) is 1. The minimum atomic E-state index is -3.93. The molecule has 0 aliphatic rings. The molecule has 26 heavy (non-hydrogen) atoms. The minimum absolute atomic E-state index is 0.0789. The summed E-state index contributed by atoms with van der Waals surface area (Å²) in [5, 5.41) is 9.68. The number of benzene rings is 2. The van der Waals surface area contributed by atoms with Crippen molar-refractivity contribution in [3.63, 3.8) is 0 Å². The topological polar surface area (TPSA) is 83.9 Å². The first-order chi connectivity index (χ1) is 12.2. The Hall–Kier alpha value is -2.61. The Morgan fingerprint density at radius 1 is 1.19 bits per heavy atom. The molecule has 2 aromatic carbocycles. The van der Waals surface area contributed by atoms with Gasteiger partial charge in [-0.25, -0.2) is 17.6 Å². The number of rotatable bonds is 8. The highest BCUT2D eigenvalue weighted by Gasteiger charge is 2.33.